The van der Waals surface area contributed by atoms with Crippen molar-refractivity contribution in [3.8, 4) is 0 Å². The normalized spacial score (nSPS) is 10.4. The maximum Gasteiger partial charge on any atom is 0.150 e. The van der Waals surface area contributed by atoms with Crippen molar-refractivity contribution in [2.75, 3.05) is 0 Å². The van der Waals surface area contributed by atoms with E-state index in [-0.39, 0.29) is 0 Å². The third-order valence-electron chi connectivity index (χ3n) is 1.80. The van der Waals surface area contributed by atoms with E-state index < -0.39 is 0 Å². The molecule has 3 heteroatoms. The van der Waals surface area contributed by atoms with Crippen molar-refractivity contribution in [1.29, 1.82) is 0 Å². The number of nitrogens with zero attached hydrogens (tertiary/aromatic N) is 2. The Kier molecular flexibility index (Phi) is 1.66. The Hall–Kier alpha value is -1.22. The molecule has 0 N–H and O–H groups in total. The van der Waals surface area contributed by atoms with Crippen molar-refractivity contribution in [2.45, 2.75) is 0 Å². The molecule has 2 nitrogen and oxygen atoms in total. The fraction of sp³-hybridized carbons (Fsp3) is 0. The maximum absolute atomic E-state index is 4.23. The second-order valence-electron chi connectivity index (χ2n) is 2.51. The standard InChI is InChI=1S/C9H8N2S/c1-2-7-6-11(12)9-8(7)4-3-5-10-9/h2-6,12H,1H2. The number of aromatic nitrogens is 2. The molecule has 0 bridgehead atoms. The van der Waals surface area contributed by atoms with Crippen LogP contribution in [0.1, 0.15) is 5.56 Å². The number of fused-ring (bicyclic) bond motifs is 1. The third-order valence-corrected chi connectivity index (χ3v) is 2.10. The largest absolute Gasteiger partial charge is 0.277 e. The summed E-state index contributed by atoms with van der Waals surface area (Å²) in [5.74, 6) is 0. The molecule has 0 amide bonds. The van der Waals surface area contributed by atoms with Crippen LogP contribution in [-0.2, 0) is 0 Å². The van der Waals surface area contributed by atoms with E-state index in [9.17, 15) is 0 Å². The number of pyridine rings is 1. The second kappa shape index (κ2) is 2.68. The van der Waals surface area contributed by atoms with Gasteiger partial charge in [-0.25, -0.2) is 4.98 Å². The van der Waals surface area contributed by atoms with Crippen LogP contribution in [0.3, 0.4) is 0 Å². The lowest BCUT2D eigenvalue weighted by molar-refractivity contribution is 1.27. The van der Waals surface area contributed by atoms with E-state index in [1.54, 1.807) is 16.2 Å². The van der Waals surface area contributed by atoms with Gasteiger partial charge in [0.05, 0.1) is 0 Å². The number of hydrogen-bond donors (Lipinski definition) is 1. The number of rotatable bonds is 1. The summed E-state index contributed by atoms with van der Waals surface area (Å²) in [5, 5.41) is 1.09. The highest BCUT2D eigenvalue weighted by atomic mass is 32.1. The summed E-state index contributed by atoms with van der Waals surface area (Å²) in [4.78, 5) is 4.19. The average molecular weight is 176 g/mol. The van der Waals surface area contributed by atoms with E-state index in [1.807, 2.05) is 18.3 Å². The van der Waals surface area contributed by atoms with Crippen molar-refractivity contribution in [3.63, 3.8) is 0 Å². The van der Waals surface area contributed by atoms with Gasteiger partial charge in [0.15, 0.2) is 0 Å². The number of hydrogen-bond acceptors (Lipinski definition) is 2. The molecule has 2 aromatic rings. The topological polar surface area (TPSA) is 17.8 Å². The van der Waals surface area contributed by atoms with Crippen LogP contribution in [0.15, 0.2) is 31.1 Å². The average Bonchev–Trinajstić information content (AvgIpc) is 2.44. The fourth-order valence-electron chi connectivity index (χ4n) is 1.23. The molecular formula is C9H8N2S. The zero-order valence-electron chi connectivity index (χ0n) is 6.44. The lowest BCUT2D eigenvalue weighted by Gasteiger charge is -1.90. The number of thiol groups is 1. The summed E-state index contributed by atoms with van der Waals surface area (Å²) >= 11 is 4.23. The lowest BCUT2D eigenvalue weighted by Crippen LogP contribution is -1.78. The molecule has 2 aromatic heterocycles. The first-order valence-electron chi connectivity index (χ1n) is 3.60. The maximum atomic E-state index is 4.23. The highest BCUT2D eigenvalue weighted by Crippen LogP contribution is 2.20. The zero-order chi connectivity index (χ0) is 8.55. The Balaban J connectivity index is 2.91. The fourth-order valence-corrected chi connectivity index (χ4v) is 1.51. The summed E-state index contributed by atoms with van der Waals surface area (Å²) in [6.45, 7) is 3.72. The highest BCUT2D eigenvalue weighted by Gasteiger charge is 2.02. The van der Waals surface area contributed by atoms with Crippen molar-refractivity contribution < 1.29 is 0 Å². The first-order valence-corrected chi connectivity index (χ1v) is 4.00. The van der Waals surface area contributed by atoms with Gasteiger partial charge < -0.3 is 0 Å². The van der Waals surface area contributed by atoms with Gasteiger partial charge >= 0.3 is 0 Å². The van der Waals surface area contributed by atoms with E-state index in [2.05, 4.69) is 24.4 Å². The molecule has 0 aliphatic heterocycles. The van der Waals surface area contributed by atoms with Crippen LogP contribution in [0.5, 0.6) is 0 Å². The predicted octanol–water partition coefficient (Wildman–Crippen LogP) is 2.37. The lowest BCUT2D eigenvalue weighted by atomic mass is 10.2. The van der Waals surface area contributed by atoms with E-state index >= 15 is 0 Å². The predicted molar refractivity (Wildman–Crippen MR) is 54.2 cm³/mol. The highest BCUT2D eigenvalue weighted by molar-refractivity contribution is 7.78. The second-order valence-corrected chi connectivity index (χ2v) is 2.94. The SMILES string of the molecule is C=Cc1cn(S)c2ncccc12. The molecule has 0 aromatic carbocycles. The molecule has 0 fully saturated rings. The van der Waals surface area contributed by atoms with Gasteiger partial charge in [0.2, 0.25) is 0 Å². The summed E-state index contributed by atoms with van der Waals surface area (Å²) < 4.78 is 1.70. The van der Waals surface area contributed by atoms with E-state index in [4.69, 9.17) is 0 Å². The first-order chi connectivity index (χ1) is 5.83. The van der Waals surface area contributed by atoms with Crippen molar-refractivity contribution in [2.24, 2.45) is 0 Å². The molecule has 0 aliphatic rings. The van der Waals surface area contributed by atoms with Crippen molar-refractivity contribution >= 4 is 29.9 Å². The van der Waals surface area contributed by atoms with Gasteiger partial charge in [0.25, 0.3) is 0 Å². The van der Waals surface area contributed by atoms with Gasteiger partial charge in [-0.1, -0.05) is 25.5 Å². The summed E-state index contributed by atoms with van der Waals surface area (Å²) in [6.07, 6.45) is 5.45. The van der Waals surface area contributed by atoms with Gasteiger partial charge in [-0.2, -0.15) is 0 Å². The Morgan fingerprint density at radius 3 is 3.17 bits per heavy atom. The summed E-state index contributed by atoms with van der Waals surface area (Å²) in [7, 11) is 0. The molecule has 12 heavy (non-hydrogen) atoms. The summed E-state index contributed by atoms with van der Waals surface area (Å²) in [6, 6.07) is 3.91. The van der Waals surface area contributed by atoms with E-state index in [1.165, 1.54) is 0 Å². The van der Waals surface area contributed by atoms with Gasteiger partial charge in [0, 0.05) is 23.3 Å². The molecule has 0 radical (unpaired) electrons. The molecule has 0 atom stereocenters. The van der Waals surface area contributed by atoms with Gasteiger partial charge in [-0.15, -0.1) is 0 Å². The van der Waals surface area contributed by atoms with Crippen LogP contribution in [0.25, 0.3) is 17.1 Å². The van der Waals surface area contributed by atoms with Gasteiger partial charge in [-0.3, -0.25) is 3.97 Å². The molecule has 0 unspecified atom stereocenters. The summed E-state index contributed by atoms with van der Waals surface area (Å²) in [5.41, 5.74) is 1.93. The van der Waals surface area contributed by atoms with Crippen LogP contribution in [-0.4, -0.2) is 8.96 Å². The Bertz CT molecular complexity index is 431. The van der Waals surface area contributed by atoms with E-state index in [0.717, 1.165) is 16.6 Å². The molecule has 0 aliphatic carbocycles. The minimum atomic E-state index is 0.871. The van der Waals surface area contributed by atoms with E-state index in [0.29, 0.717) is 0 Å². The first kappa shape index (κ1) is 7.43. The third kappa shape index (κ3) is 0.940. The smallest absolute Gasteiger partial charge is 0.150 e. The van der Waals surface area contributed by atoms with Crippen molar-refractivity contribution in [3.05, 3.63) is 36.7 Å². The van der Waals surface area contributed by atoms with Gasteiger partial charge in [-0.05, 0) is 12.1 Å². The molecule has 60 valence electrons. The Labute approximate surface area is 76.1 Å². The van der Waals surface area contributed by atoms with Crippen LogP contribution >= 0.6 is 12.8 Å². The quantitative estimate of drug-likeness (QED) is 0.660. The Morgan fingerprint density at radius 1 is 1.58 bits per heavy atom. The van der Waals surface area contributed by atoms with Crippen molar-refractivity contribution in [1.82, 2.24) is 8.96 Å². The molecule has 0 spiro atoms. The molecule has 0 saturated carbocycles. The minimum absolute atomic E-state index is 0.871. The molecule has 2 rings (SSSR count). The van der Waals surface area contributed by atoms with Crippen LogP contribution in [0, 0.1) is 0 Å². The van der Waals surface area contributed by atoms with Gasteiger partial charge in [0.1, 0.15) is 5.65 Å². The monoisotopic (exact) mass is 176 g/mol. The minimum Gasteiger partial charge on any atom is -0.277 e. The van der Waals surface area contributed by atoms with Crippen LogP contribution in [0.2, 0.25) is 0 Å². The van der Waals surface area contributed by atoms with Crippen LogP contribution < -0.4 is 0 Å². The Morgan fingerprint density at radius 2 is 2.42 bits per heavy atom. The zero-order valence-corrected chi connectivity index (χ0v) is 7.33. The van der Waals surface area contributed by atoms with Crippen LogP contribution in [0.4, 0.5) is 0 Å². The molecular weight excluding hydrogens is 168 g/mol. The molecule has 0 saturated heterocycles. The molecule has 2 heterocycles.